The van der Waals surface area contributed by atoms with Crippen LogP contribution in [0.25, 0.3) is 0 Å². The fourth-order valence-electron chi connectivity index (χ4n) is 3.49. The maximum absolute atomic E-state index is 12.6. The summed E-state index contributed by atoms with van der Waals surface area (Å²) in [5.41, 5.74) is 1.01. The number of carbonyl (C=O) groups excluding carboxylic acids is 1. The summed E-state index contributed by atoms with van der Waals surface area (Å²) < 4.78 is 15.7. The van der Waals surface area contributed by atoms with E-state index in [9.17, 15) is 4.79 Å². The highest BCUT2D eigenvalue weighted by Crippen LogP contribution is 2.32. The van der Waals surface area contributed by atoms with Crippen molar-refractivity contribution < 1.29 is 14.3 Å². The summed E-state index contributed by atoms with van der Waals surface area (Å²) in [7, 11) is 0. The van der Waals surface area contributed by atoms with Gasteiger partial charge >= 0.3 is 0 Å². The van der Waals surface area contributed by atoms with Gasteiger partial charge in [0.25, 0.3) is 0 Å². The van der Waals surface area contributed by atoms with Gasteiger partial charge in [-0.2, -0.15) is 0 Å². The van der Waals surface area contributed by atoms with Crippen LogP contribution in [0.3, 0.4) is 0 Å². The number of amides is 1. The molecule has 7 heteroatoms. The van der Waals surface area contributed by atoms with Crippen LogP contribution in [0.2, 0.25) is 0 Å². The van der Waals surface area contributed by atoms with Crippen molar-refractivity contribution in [1.29, 1.82) is 0 Å². The van der Waals surface area contributed by atoms with E-state index in [4.69, 9.17) is 9.47 Å². The minimum absolute atomic E-state index is 0.211. The van der Waals surface area contributed by atoms with Gasteiger partial charge in [0.15, 0.2) is 0 Å². The first-order chi connectivity index (χ1) is 11.7. The number of carbonyl (C=O) groups is 1. The van der Waals surface area contributed by atoms with Crippen LogP contribution >= 0.6 is 11.5 Å². The first-order valence-electron chi connectivity index (χ1n) is 8.81. The fraction of sp³-hybridized carbons (Fsp3) is 0.765. The first kappa shape index (κ1) is 17.8. The second kappa shape index (κ2) is 8.38. The van der Waals surface area contributed by atoms with E-state index in [0.717, 1.165) is 32.5 Å². The molecule has 1 aromatic rings. The number of hydrogen-bond acceptors (Lipinski definition) is 6. The summed E-state index contributed by atoms with van der Waals surface area (Å²) in [6.45, 7) is 8.15. The SMILES string of the molecule is CCOCCN1CCOC2(CCN(Cc3cnsc3)CC2)CC1=O. The van der Waals surface area contributed by atoms with Gasteiger partial charge in [-0.15, -0.1) is 0 Å². The zero-order valence-electron chi connectivity index (χ0n) is 14.4. The standard InChI is InChI=1S/C17H27N3O3S/c1-2-22-9-7-20-8-10-23-17(11-16(20)21)3-5-19(6-4-17)13-15-12-18-24-14-15/h12,14H,2-11,13H2,1H3. The van der Waals surface area contributed by atoms with E-state index in [2.05, 4.69) is 14.7 Å². The zero-order chi connectivity index (χ0) is 16.8. The predicted octanol–water partition coefficient (Wildman–Crippen LogP) is 1.76. The quantitative estimate of drug-likeness (QED) is 0.730. The first-order valence-corrected chi connectivity index (χ1v) is 9.64. The Labute approximate surface area is 147 Å². The molecule has 0 atom stereocenters. The lowest BCUT2D eigenvalue weighted by Crippen LogP contribution is -2.47. The summed E-state index contributed by atoms with van der Waals surface area (Å²) in [5, 5.41) is 2.10. The molecule has 2 fully saturated rings. The predicted molar refractivity (Wildman–Crippen MR) is 93.0 cm³/mol. The van der Waals surface area contributed by atoms with Gasteiger partial charge in [0.1, 0.15) is 0 Å². The molecule has 0 aromatic carbocycles. The van der Waals surface area contributed by atoms with E-state index in [1.807, 2.05) is 18.0 Å². The average molecular weight is 353 g/mol. The Balaban J connectivity index is 1.51. The van der Waals surface area contributed by atoms with Gasteiger partial charge in [0, 0.05) is 50.9 Å². The third-order valence-corrected chi connectivity index (χ3v) is 5.60. The summed E-state index contributed by atoms with van der Waals surface area (Å²) in [4.78, 5) is 16.9. The molecule has 2 aliphatic rings. The molecule has 0 aliphatic carbocycles. The lowest BCUT2D eigenvalue weighted by atomic mass is 9.87. The minimum Gasteiger partial charge on any atom is -0.380 e. The van der Waals surface area contributed by atoms with Crippen molar-refractivity contribution in [2.75, 3.05) is 46.0 Å². The van der Waals surface area contributed by atoms with Crippen molar-refractivity contribution in [3.63, 3.8) is 0 Å². The molecule has 134 valence electrons. The Hall–Kier alpha value is -1.02. The number of aromatic nitrogens is 1. The second-order valence-electron chi connectivity index (χ2n) is 6.59. The highest BCUT2D eigenvalue weighted by atomic mass is 32.1. The maximum atomic E-state index is 12.6. The highest BCUT2D eigenvalue weighted by molar-refractivity contribution is 7.03. The minimum atomic E-state index is -0.263. The van der Waals surface area contributed by atoms with Gasteiger partial charge in [-0.1, -0.05) is 0 Å². The molecular formula is C17H27N3O3S. The molecular weight excluding hydrogens is 326 g/mol. The normalized spacial score (nSPS) is 22.0. The van der Waals surface area contributed by atoms with Gasteiger partial charge < -0.3 is 14.4 Å². The van der Waals surface area contributed by atoms with E-state index in [1.54, 1.807) is 0 Å². The molecule has 1 amide bonds. The molecule has 6 nitrogen and oxygen atoms in total. The van der Waals surface area contributed by atoms with Crippen LogP contribution in [0.1, 0.15) is 31.7 Å². The molecule has 3 rings (SSSR count). The average Bonchev–Trinajstić information content (AvgIpc) is 3.03. The Morgan fingerprint density at radius 1 is 1.38 bits per heavy atom. The number of nitrogens with zero attached hydrogens (tertiary/aromatic N) is 3. The van der Waals surface area contributed by atoms with Crippen LogP contribution < -0.4 is 0 Å². The highest BCUT2D eigenvalue weighted by Gasteiger charge is 2.40. The number of likely N-dealkylation sites (tertiary alicyclic amines) is 1. The number of ether oxygens (including phenoxy) is 2. The van der Waals surface area contributed by atoms with Crippen LogP contribution in [0.4, 0.5) is 0 Å². The van der Waals surface area contributed by atoms with Crippen LogP contribution in [-0.4, -0.2) is 71.7 Å². The monoisotopic (exact) mass is 353 g/mol. The van der Waals surface area contributed by atoms with E-state index in [0.29, 0.717) is 39.3 Å². The number of piperidine rings is 1. The molecule has 1 spiro atoms. The third kappa shape index (κ3) is 4.53. The molecule has 3 heterocycles. The lowest BCUT2D eigenvalue weighted by Gasteiger charge is -2.40. The van der Waals surface area contributed by atoms with Gasteiger partial charge in [-0.3, -0.25) is 9.69 Å². The Morgan fingerprint density at radius 2 is 2.21 bits per heavy atom. The van der Waals surface area contributed by atoms with Crippen molar-refractivity contribution in [2.45, 2.75) is 38.3 Å². The summed E-state index contributed by atoms with van der Waals surface area (Å²) in [5.74, 6) is 0.211. The smallest absolute Gasteiger partial charge is 0.225 e. The summed E-state index contributed by atoms with van der Waals surface area (Å²) in [6, 6.07) is 0. The lowest BCUT2D eigenvalue weighted by molar-refractivity contribution is -0.136. The van der Waals surface area contributed by atoms with Gasteiger partial charge in [0.2, 0.25) is 5.91 Å². The molecule has 1 aromatic heterocycles. The van der Waals surface area contributed by atoms with Gasteiger partial charge in [-0.05, 0) is 36.9 Å². The van der Waals surface area contributed by atoms with Crippen LogP contribution in [-0.2, 0) is 20.8 Å². The Kier molecular flexibility index (Phi) is 6.21. The summed E-state index contributed by atoms with van der Waals surface area (Å²) in [6.07, 6.45) is 4.30. The number of hydrogen-bond donors (Lipinski definition) is 0. The molecule has 0 saturated carbocycles. The van der Waals surface area contributed by atoms with Crippen molar-refractivity contribution in [1.82, 2.24) is 14.2 Å². The van der Waals surface area contributed by atoms with Crippen LogP contribution in [0.15, 0.2) is 11.6 Å². The van der Waals surface area contributed by atoms with Crippen molar-refractivity contribution in [3.05, 3.63) is 17.1 Å². The van der Waals surface area contributed by atoms with Crippen molar-refractivity contribution >= 4 is 17.4 Å². The fourth-order valence-corrected chi connectivity index (χ4v) is 4.02. The molecule has 0 bridgehead atoms. The van der Waals surface area contributed by atoms with E-state index >= 15 is 0 Å². The van der Waals surface area contributed by atoms with E-state index < -0.39 is 0 Å². The molecule has 24 heavy (non-hydrogen) atoms. The summed E-state index contributed by atoms with van der Waals surface area (Å²) >= 11 is 1.50. The molecule has 0 N–H and O–H groups in total. The third-order valence-electron chi connectivity index (χ3n) is 4.96. The van der Waals surface area contributed by atoms with Crippen molar-refractivity contribution in [2.24, 2.45) is 0 Å². The molecule has 2 saturated heterocycles. The Bertz CT molecular complexity index is 515. The van der Waals surface area contributed by atoms with Crippen LogP contribution in [0.5, 0.6) is 0 Å². The topological polar surface area (TPSA) is 54.9 Å². The second-order valence-corrected chi connectivity index (χ2v) is 7.25. The molecule has 2 aliphatic heterocycles. The number of rotatable bonds is 6. The van der Waals surface area contributed by atoms with Gasteiger partial charge in [0.05, 0.1) is 25.2 Å². The van der Waals surface area contributed by atoms with E-state index in [1.165, 1.54) is 17.1 Å². The van der Waals surface area contributed by atoms with Crippen LogP contribution in [0, 0.1) is 0 Å². The molecule has 0 radical (unpaired) electrons. The van der Waals surface area contributed by atoms with Crippen molar-refractivity contribution in [3.8, 4) is 0 Å². The largest absolute Gasteiger partial charge is 0.380 e. The molecule has 0 unspecified atom stereocenters. The zero-order valence-corrected chi connectivity index (χ0v) is 15.2. The van der Waals surface area contributed by atoms with Gasteiger partial charge in [-0.25, -0.2) is 4.37 Å². The Morgan fingerprint density at radius 3 is 2.92 bits per heavy atom. The maximum Gasteiger partial charge on any atom is 0.225 e. The van der Waals surface area contributed by atoms with E-state index in [-0.39, 0.29) is 11.5 Å².